The number of benzene rings is 2. The van der Waals surface area contributed by atoms with Crippen molar-refractivity contribution in [2.45, 2.75) is 19.4 Å². The van der Waals surface area contributed by atoms with Gasteiger partial charge in [0.25, 0.3) is 5.91 Å². The Hall–Kier alpha value is -3.54. The van der Waals surface area contributed by atoms with Gasteiger partial charge in [-0.25, -0.2) is 9.37 Å². The highest BCUT2D eigenvalue weighted by atomic mass is 19.1. The quantitative estimate of drug-likeness (QED) is 0.472. The van der Waals surface area contributed by atoms with Crippen LogP contribution in [-0.2, 0) is 7.05 Å². The average Bonchev–Trinajstić information content (AvgIpc) is 3.20. The van der Waals surface area contributed by atoms with Gasteiger partial charge in [-0.15, -0.1) is 0 Å². The van der Waals surface area contributed by atoms with Crippen molar-refractivity contribution in [3.8, 4) is 11.4 Å². The van der Waals surface area contributed by atoms with E-state index in [1.54, 1.807) is 35.0 Å². The lowest BCUT2D eigenvalue weighted by molar-refractivity contribution is 0.0728. The molecule has 152 valence electrons. The van der Waals surface area contributed by atoms with Gasteiger partial charge in [0, 0.05) is 25.7 Å². The van der Waals surface area contributed by atoms with Crippen molar-refractivity contribution >= 4 is 16.8 Å². The van der Waals surface area contributed by atoms with E-state index in [2.05, 4.69) is 5.10 Å². The Morgan fingerprint density at radius 2 is 1.87 bits per heavy atom. The van der Waals surface area contributed by atoms with E-state index >= 15 is 0 Å². The Morgan fingerprint density at radius 3 is 2.53 bits per heavy atom. The molecule has 5 nitrogen and oxygen atoms in total. The summed E-state index contributed by atoms with van der Waals surface area (Å²) in [6.07, 6.45) is 2.42. The Morgan fingerprint density at radius 1 is 1.13 bits per heavy atom. The van der Waals surface area contributed by atoms with Crippen LogP contribution in [0, 0.1) is 5.82 Å². The van der Waals surface area contributed by atoms with Crippen molar-refractivity contribution in [3.05, 3.63) is 83.8 Å². The molecular weight excluding hydrogens is 379 g/mol. The number of nitrogens with zero attached hydrogens (tertiary/aromatic N) is 4. The number of amides is 1. The number of carbonyl (C=O) groups is 1. The first-order valence-electron chi connectivity index (χ1n) is 9.90. The molecule has 30 heavy (non-hydrogen) atoms. The van der Waals surface area contributed by atoms with E-state index in [4.69, 9.17) is 4.98 Å². The topological polar surface area (TPSA) is 51.0 Å². The normalized spacial score (nSPS) is 12.1. The molecule has 0 spiro atoms. The zero-order valence-electron chi connectivity index (χ0n) is 17.2. The van der Waals surface area contributed by atoms with Crippen LogP contribution in [0.4, 0.5) is 4.39 Å². The number of hydrogen-bond acceptors (Lipinski definition) is 3. The molecule has 0 saturated carbocycles. The maximum atomic E-state index is 13.6. The van der Waals surface area contributed by atoms with Gasteiger partial charge in [0.15, 0.2) is 0 Å². The van der Waals surface area contributed by atoms with Crippen molar-refractivity contribution in [1.29, 1.82) is 0 Å². The van der Waals surface area contributed by atoms with E-state index in [-0.39, 0.29) is 17.8 Å². The third kappa shape index (κ3) is 3.56. The van der Waals surface area contributed by atoms with Gasteiger partial charge >= 0.3 is 0 Å². The van der Waals surface area contributed by atoms with Gasteiger partial charge in [-0.2, -0.15) is 5.10 Å². The zero-order chi connectivity index (χ0) is 21.3. The smallest absolute Gasteiger partial charge is 0.254 e. The van der Waals surface area contributed by atoms with E-state index in [1.165, 1.54) is 12.1 Å². The lowest BCUT2D eigenvalue weighted by Crippen LogP contribution is -2.31. The van der Waals surface area contributed by atoms with Crippen LogP contribution in [0.15, 0.2) is 66.9 Å². The van der Waals surface area contributed by atoms with Crippen LogP contribution in [0.3, 0.4) is 0 Å². The third-order valence-corrected chi connectivity index (χ3v) is 5.46. The molecule has 0 aliphatic heterocycles. The number of aromatic nitrogens is 3. The fourth-order valence-electron chi connectivity index (χ4n) is 3.86. The molecule has 1 atom stereocenters. The van der Waals surface area contributed by atoms with E-state index in [0.717, 1.165) is 22.2 Å². The molecule has 0 radical (unpaired) electrons. The molecule has 0 unspecified atom stereocenters. The number of para-hydroxylation sites is 1. The highest BCUT2D eigenvalue weighted by Crippen LogP contribution is 2.29. The summed E-state index contributed by atoms with van der Waals surface area (Å²) in [6, 6.07) is 17.5. The first-order chi connectivity index (χ1) is 14.5. The third-order valence-electron chi connectivity index (χ3n) is 5.46. The lowest BCUT2D eigenvalue weighted by atomic mass is 10.0. The van der Waals surface area contributed by atoms with E-state index < -0.39 is 0 Å². The van der Waals surface area contributed by atoms with Crippen molar-refractivity contribution < 1.29 is 9.18 Å². The van der Waals surface area contributed by atoms with Crippen LogP contribution >= 0.6 is 0 Å². The molecule has 2 aromatic heterocycles. The highest BCUT2D eigenvalue weighted by molar-refractivity contribution is 6.07. The predicted octanol–water partition coefficient (Wildman–Crippen LogP) is 5.00. The maximum Gasteiger partial charge on any atom is 0.254 e. The van der Waals surface area contributed by atoms with Crippen LogP contribution in [-0.4, -0.2) is 32.6 Å². The van der Waals surface area contributed by atoms with Crippen molar-refractivity contribution in [1.82, 2.24) is 19.7 Å². The molecular formula is C24H23FN4O. The number of fused-ring (bicyclic) bond motifs is 1. The fraction of sp³-hybridized carbons (Fsp3) is 0.208. The Labute approximate surface area is 174 Å². The summed E-state index contributed by atoms with van der Waals surface area (Å²) < 4.78 is 15.1. The Balaban J connectivity index is 1.80. The van der Waals surface area contributed by atoms with Crippen LogP contribution in [0.2, 0.25) is 0 Å². The van der Waals surface area contributed by atoms with E-state index in [1.807, 2.05) is 50.4 Å². The first kappa shape index (κ1) is 19.8. The maximum absolute atomic E-state index is 13.6. The summed E-state index contributed by atoms with van der Waals surface area (Å²) in [5, 5.41) is 5.02. The van der Waals surface area contributed by atoms with Crippen LogP contribution in [0.5, 0.6) is 0 Å². The van der Waals surface area contributed by atoms with E-state index in [0.29, 0.717) is 17.7 Å². The predicted molar refractivity (Wildman–Crippen MR) is 115 cm³/mol. The Kier molecular flexibility index (Phi) is 5.31. The average molecular weight is 402 g/mol. The number of pyridine rings is 1. The minimum atomic E-state index is -0.288. The molecule has 0 aliphatic carbocycles. The van der Waals surface area contributed by atoms with Crippen molar-refractivity contribution in [2.24, 2.45) is 7.05 Å². The highest BCUT2D eigenvalue weighted by Gasteiger charge is 2.24. The molecule has 2 aromatic carbocycles. The second kappa shape index (κ2) is 8.06. The lowest BCUT2D eigenvalue weighted by Gasteiger charge is -2.28. The molecule has 4 rings (SSSR count). The number of carbonyl (C=O) groups excluding carboxylic acids is 1. The van der Waals surface area contributed by atoms with Gasteiger partial charge in [-0.1, -0.05) is 37.3 Å². The van der Waals surface area contributed by atoms with Gasteiger partial charge in [0.2, 0.25) is 0 Å². The number of hydrogen-bond donors (Lipinski definition) is 0. The largest absolute Gasteiger partial charge is 0.335 e. The minimum Gasteiger partial charge on any atom is -0.335 e. The standard InChI is InChI=1S/C24H23FN4O/c1-4-22(16-9-11-17(25)12-10-16)28(2)24(30)19-15-21(23-13-14-26-29(23)3)27-20-8-6-5-7-18(19)20/h5-15,22H,4H2,1-3H3/t22-/m0/s1. The molecule has 2 heterocycles. The SMILES string of the molecule is CC[C@@H](c1ccc(F)cc1)N(C)C(=O)c1cc(-c2ccnn2C)nc2ccccc12. The second-order valence-corrected chi connectivity index (χ2v) is 7.30. The van der Waals surface area contributed by atoms with Gasteiger partial charge in [-0.3, -0.25) is 9.48 Å². The molecule has 0 saturated heterocycles. The number of rotatable bonds is 5. The fourth-order valence-corrected chi connectivity index (χ4v) is 3.86. The molecule has 4 aromatic rings. The van der Waals surface area contributed by atoms with Crippen LogP contribution in [0.25, 0.3) is 22.3 Å². The zero-order valence-corrected chi connectivity index (χ0v) is 17.2. The molecule has 1 amide bonds. The molecule has 0 fully saturated rings. The van der Waals surface area contributed by atoms with Crippen LogP contribution < -0.4 is 0 Å². The van der Waals surface area contributed by atoms with E-state index in [9.17, 15) is 9.18 Å². The summed E-state index contributed by atoms with van der Waals surface area (Å²) in [6.45, 7) is 2.02. The summed E-state index contributed by atoms with van der Waals surface area (Å²) in [5.74, 6) is -0.392. The van der Waals surface area contributed by atoms with Gasteiger partial charge in [0.05, 0.1) is 28.5 Å². The molecule has 6 heteroatoms. The molecule has 0 aliphatic rings. The molecule has 0 N–H and O–H groups in total. The van der Waals surface area contributed by atoms with Gasteiger partial charge in [-0.05, 0) is 42.3 Å². The van der Waals surface area contributed by atoms with Crippen molar-refractivity contribution in [3.63, 3.8) is 0 Å². The first-order valence-corrected chi connectivity index (χ1v) is 9.90. The Bertz CT molecular complexity index is 1200. The summed E-state index contributed by atoms with van der Waals surface area (Å²) in [5.41, 5.74) is 3.77. The van der Waals surface area contributed by atoms with Gasteiger partial charge < -0.3 is 4.90 Å². The monoisotopic (exact) mass is 402 g/mol. The number of halogens is 1. The second-order valence-electron chi connectivity index (χ2n) is 7.30. The van der Waals surface area contributed by atoms with Gasteiger partial charge in [0.1, 0.15) is 5.82 Å². The molecule has 0 bridgehead atoms. The summed E-state index contributed by atoms with van der Waals surface area (Å²) in [4.78, 5) is 20.1. The minimum absolute atomic E-state index is 0.104. The summed E-state index contributed by atoms with van der Waals surface area (Å²) in [7, 11) is 3.64. The van der Waals surface area contributed by atoms with Crippen LogP contribution in [0.1, 0.15) is 35.3 Å². The number of aryl methyl sites for hydroxylation is 1. The summed E-state index contributed by atoms with van der Waals surface area (Å²) >= 11 is 0. The van der Waals surface area contributed by atoms with Crippen molar-refractivity contribution in [2.75, 3.05) is 7.05 Å².